The first kappa shape index (κ1) is 13.7. The van der Waals surface area contributed by atoms with Crippen molar-refractivity contribution in [2.45, 2.75) is 0 Å². The molecule has 0 bridgehead atoms. The number of benzene rings is 1. The Kier molecular flexibility index (Phi) is 4.53. The first-order valence-electron chi connectivity index (χ1n) is 4.90. The van der Waals surface area contributed by atoms with Gasteiger partial charge >= 0.3 is 0 Å². The highest BCUT2D eigenvalue weighted by Gasteiger charge is 2.05. The van der Waals surface area contributed by atoms with E-state index in [-0.39, 0.29) is 5.75 Å². The summed E-state index contributed by atoms with van der Waals surface area (Å²) >= 11 is 9.93. The summed E-state index contributed by atoms with van der Waals surface area (Å²) in [5.74, 6) is 0.729. The summed E-state index contributed by atoms with van der Waals surface area (Å²) in [6.45, 7) is 0. The lowest BCUT2D eigenvalue weighted by Crippen LogP contribution is -1.85. The number of hydrogen-bond acceptors (Lipinski definition) is 3. The summed E-state index contributed by atoms with van der Waals surface area (Å²) in [4.78, 5) is 8.32. The Hall–Kier alpha value is -0.720. The van der Waals surface area contributed by atoms with Gasteiger partial charge in [0.05, 0.1) is 4.47 Å². The van der Waals surface area contributed by atoms with Gasteiger partial charge in [-0.25, -0.2) is 9.98 Å². The smallest absolute Gasteiger partial charge is 0.151 e. The van der Waals surface area contributed by atoms with E-state index in [9.17, 15) is 5.11 Å². The van der Waals surface area contributed by atoms with Crippen molar-refractivity contribution in [2.24, 2.45) is 4.99 Å². The molecule has 0 aliphatic carbocycles. The predicted octanol–water partition coefficient (Wildman–Crippen LogP) is 4.83. The molecule has 1 heterocycles. The molecule has 0 atom stereocenters. The van der Waals surface area contributed by atoms with Gasteiger partial charge in [0, 0.05) is 26.9 Å². The first-order valence-corrected chi connectivity index (χ1v) is 7.28. The number of aliphatic imine (C=N–C) groups is 1. The molecule has 1 N–H and O–H groups in total. The van der Waals surface area contributed by atoms with Gasteiger partial charge < -0.3 is 5.11 Å². The lowest BCUT2D eigenvalue weighted by Gasteiger charge is -2.02. The lowest BCUT2D eigenvalue weighted by molar-refractivity contribution is 0.471. The zero-order chi connectivity index (χ0) is 13.1. The van der Waals surface area contributed by atoms with Crippen molar-refractivity contribution in [1.82, 2.24) is 4.98 Å². The summed E-state index contributed by atoms with van der Waals surface area (Å²) < 4.78 is 2.37. The van der Waals surface area contributed by atoms with E-state index in [0.29, 0.717) is 15.9 Å². The molecule has 0 spiro atoms. The van der Waals surface area contributed by atoms with Crippen LogP contribution < -0.4 is 0 Å². The average Bonchev–Trinajstić information content (AvgIpc) is 2.34. The fourth-order valence-corrected chi connectivity index (χ4v) is 2.76. The molecule has 0 fully saturated rings. The Morgan fingerprint density at radius 1 is 1.11 bits per heavy atom. The van der Waals surface area contributed by atoms with Gasteiger partial charge in [-0.3, -0.25) is 0 Å². The van der Waals surface area contributed by atoms with E-state index in [4.69, 9.17) is 0 Å². The maximum Gasteiger partial charge on any atom is 0.151 e. The maximum atomic E-state index is 9.86. The van der Waals surface area contributed by atoms with Crippen molar-refractivity contribution >= 4 is 59.8 Å². The van der Waals surface area contributed by atoms with E-state index in [0.717, 1.165) is 8.95 Å². The monoisotopic (exact) mass is 432 g/mol. The number of phenolic OH excluding ortho intramolecular Hbond substituents is 1. The van der Waals surface area contributed by atoms with Gasteiger partial charge in [0.2, 0.25) is 0 Å². The second kappa shape index (κ2) is 5.95. The third kappa shape index (κ3) is 3.40. The Morgan fingerprint density at radius 3 is 2.56 bits per heavy atom. The van der Waals surface area contributed by atoms with Crippen LogP contribution in [0.25, 0.3) is 0 Å². The van der Waals surface area contributed by atoms with Crippen LogP contribution >= 0.6 is 47.8 Å². The number of hydrogen-bond donors (Lipinski definition) is 1. The SMILES string of the molecule is Oc1c(Br)cc(Br)cc1/C=N/c1ccc(Br)cn1. The number of nitrogens with zero attached hydrogens (tertiary/aromatic N) is 2. The molecule has 3 nitrogen and oxygen atoms in total. The Morgan fingerprint density at radius 2 is 1.89 bits per heavy atom. The van der Waals surface area contributed by atoms with Gasteiger partial charge in [0.25, 0.3) is 0 Å². The summed E-state index contributed by atoms with van der Waals surface area (Å²) in [6, 6.07) is 7.19. The first-order chi connectivity index (χ1) is 8.56. The van der Waals surface area contributed by atoms with Gasteiger partial charge in [0.1, 0.15) is 5.75 Å². The van der Waals surface area contributed by atoms with Crippen LogP contribution in [0.4, 0.5) is 5.82 Å². The van der Waals surface area contributed by atoms with Crippen molar-refractivity contribution in [3.8, 4) is 5.75 Å². The van der Waals surface area contributed by atoms with Crippen LogP contribution in [0.2, 0.25) is 0 Å². The third-order valence-electron chi connectivity index (χ3n) is 2.11. The van der Waals surface area contributed by atoms with E-state index < -0.39 is 0 Å². The van der Waals surface area contributed by atoms with Gasteiger partial charge in [-0.2, -0.15) is 0 Å². The summed E-state index contributed by atoms with van der Waals surface area (Å²) in [7, 11) is 0. The van der Waals surface area contributed by atoms with Crippen molar-refractivity contribution in [3.63, 3.8) is 0 Å². The van der Waals surface area contributed by atoms with Gasteiger partial charge in [-0.15, -0.1) is 0 Å². The largest absolute Gasteiger partial charge is 0.506 e. The van der Waals surface area contributed by atoms with Crippen LogP contribution in [-0.2, 0) is 0 Å². The molecule has 1 aromatic carbocycles. The van der Waals surface area contributed by atoms with Crippen LogP contribution in [0, 0.1) is 0 Å². The number of phenols is 1. The predicted molar refractivity (Wildman–Crippen MR) is 82.7 cm³/mol. The zero-order valence-corrected chi connectivity index (χ0v) is 13.7. The second-order valence-corrected chi connectivity index (χ2v) is 6.10. The number of halogens is 3. The van der Waals surface area contributed by atoms with Crippen molar-refractivity contribution in [1.29, 1.82) is 0 Å². The highest BCUT2D eigenvalue weighted by atomic mass is 79.9. The van der Waals surface area contributed by atoms with E-state index in [1.54, 1.807) is 30.6 Å². The van der Waals surface area contributed by atoms with Crippen molar-refractivity contribution in [3.05, 3.63) is 49.4 Å². The van der Waals surface area contributed by atoms with E-state index in [1.165, 1.54) is 0 Å². The molecule has 2 rings (SSSR count). The Balaban J connectivity index is 2.31. The number of aromatic hydroxyl groups is 1. The van der Waals surface area contributed by atoms with Crippen molar-refractivity contribution in [2.75, 3.05) is 0 Å². The minimum absolute atomic E-state index is 0.152. The fraction of sp³-hybridized carbons (Fsp3) is 0. The van der Waals surface area contributed by atoms with Crippen LogP contribution in [0.15, 0.2) is 48.9 Å². The number of pyridine rings is 1. The minimum Gasteiger partial charge on any atom is -0.506 e. The van der Waals surface area contributed by atoms with Gasteiger partial charge in [0.15, 0.2) is 5.82 Å². The average molecular weight is 435 g/mol. The topological polar surface area (TPSA) is 45.5 Å². The normalized spacial score (nSPS) is 11.1. The van der Waals surface area contributed by atoms with Crippen LogP contribution in [0.3, 0.4) is 0 Å². The lowest BCUT2D eigenvalue weighted by atomic mass is 10.2. The molecule has 2 aromatic rings. The third-order valence-corrected chi connectivity index (χ3v) is 3.64. The molecular formula is C12H7Br3N2O. The Labute approximate surface area is 129 Å². The summed E-state index contributed by atoms with van der Waals surface area (Å²) in [5, 5.41) is 9.86. The minimum atomic E-state index is 0.152. The maximum absolute atomic E-state index is 9.86. The molecular weight excluding hydrogens is 428 g/mol. The molecule has 0 unspecified atom stereocenters. The quantitative estimate of drug-likeness (QED) is 0.688. The van der Waals surface area contributed by atoms with Crippen molar-refractivity contribution < 1.29 is 5.11 Å². The molecule has 0 saturated carbocycles. The van der Waals surface area contributed by atoms with E-state index in [2.05, 4.69) is 57.8 Å². The van der Waals surface area contributed by atoms with Gasteiger partial charge in [-0.1, -0.05) is 15.9 Å². The molecule has 92 valence electrons. The van der Waals surface area contributed by atoms with Crippen LogP contribution in [-0.4, -0.2) is 16.3 Å². The molecule has 0 saturated heterocycles. The molecule has 18 heavy (non-hydrogen) atoms. The highest BCUT2D eigenvalue weighted by molar-refractivity contribution is 9.11. The van der Waals surface area contributed by atoms with Gasteiger partial charge in [-0.05, 0) is 56.1 Å². The van der Waals surface area contributed by atoms with Crippen LogP contribution in [0.1, 0.15) is 5.56 Å². The Bertz CT molecular complexity index is 597. The van der Waals surface area contributed by atoms with Crippen LogP contribution in [0.5, 0.6) is 5.75 Å². The molecule has 1 aromatic heterocycles. The highest BCUT2D eigenvalue weighted by Crippen LogP contribution is 2.30. The summed E-state index contributed by atoms with van der Waals surface area (Å²) in [6.07, 6.45) is 3.24. The number of aromatic nitrogens is 1. The molecule has 0 amide bonds. The van der Waals surface area contributed by atoms with E-state index >= 15 is 0 Å². The standard InChI is InChI=1S/C12H7Br3N2O/c13-8-1-2-11(17-6-8)16-5-7-3-9(14)4-10(15)12(7)18/h1-6,18H/b16-5+. The second-order valence-electron chi connectivity index (χ2n) is 3.42. The summed E-state index contributed by atoms with van der Waals surface area (Å²) in [5.41, 5.74) is 0.612. The molecule has 0 aliphatic rings. The molecule has 6 heteroatoms. The molecule has 0 aliphatic heterocycles. The zero-order valence-electron chi connectivity index (χ0n) is 8.94. The molecule has 0 radical (unpaired) electrons. The van der Waals surface area contributed by atoms with E-state index in [1.807, 2.05) is 6.07 Å². The number of rotatable bonds is 2. The fourth-order valence-electron chi connectivity index (χ4n) is 1.26.